The van der Waals surface area contributed by atoms with Gasteiger partial charge in [-0.15, -0.1) is 0 Å². The molecule has 0 radical (unpaired) electrons. The first-order valence-corrected chi connectivity index (χ1v) is 12.3. The molecule has 0 unspecified atom stereocenters. The van der Waals surface area contributed by atoms with E-state index in [1.54, 1.807) is 16.9 Å². The molecule has 4 aliphatic rings. The lowest BCUT2D eigenvalue weighted by atomic mass is 9.47. The molecule has 1 aromatic rings. The van der Waals surface area contributed by atoms with Gasteiger partial charge in [0.2, 0.25) is 0 Å². The molecule has 1 aromatic heterocycles. The Kier molecular flexibility index (Phi) is 5.15. The van der Waals surface area contributed by atoms with Crippen LogP contribution >= 0.6 is 0 Å². The molecule has 4 aliphatic carbocycles. The number of carbonyl (C=O) groups excluding carboxylic acids is 1. The van der Waals surface area contributed by atoms with Gasteiger partial charge >= 0.3 is 0 Å². The van der Waals surface area contributed by atoms with Crippen molar-refractivity contribution < 1.29 is 14.3 Å². The smallest absolute Gasteiger partial charge is 0.162 e. The van der Waals surface area contributed by atoms with Gasteiger partial charge in [-0.25, -0.2) is 9.18 Å². The number of rotatable bonds is 3. The van der Waals surface area contributed by atoms with Crippen molar-refractivity contribution in [3.05, 3.63) is 23.5 Å². The summed E-state index contributed by atoms with van der Waals surface area (Å²) in [4.78, 5) is 12.0. The van der Waals surface area contributed by atoms with E-state index in [9.17, 15) is 9.90 Å². The zero-order valence-corrected chi connectivity index (χ0v) is 19.2. The van der Waals surface area contributed by atoms with Crippen LogP contribution in [0.4, 0.5) is 4.39 Å². The minimum atomic E-state index is -1.14. The highest BCUT2D eigenvalue weighted by molar-refractivity contribution is 5.54. The number of aromatic nitrogens is 2. The van der Waals surface area contributed by atoms with E-state index < -0.39 is 11.3 Å². The number of alkyl halides is 1. The summed E-state index contributed by atoms with van der Waals surface area (Å²) in [6, 6.07) is 3.69. The van der Waals surface area contributed by atoms with E-state index in [0.29, 0.717) is 43.3 Å². The van der Waals surface area contributed by atoms with Crippen LogP contribution in [-0.4, -0.2) is 32.1 Å². The van der Waals surface area contributed by atoms with Gasteiger partial charge in [0.15, 0.2) is 5.69 Å². The largest absolute Gasteiger partial charge is 0.390 e. The minimum absolute atomic E-state index is 0.0114. The summed E-state index contributed by atoms with van der Waals surface area (Å²) >= 11 is 0. The fraction of sp³-hybridized carbons (Fsp3) is 0.769. The Morgan fingerprint density at radius 2 is 2.03 bits per heavy atom. The van der Waals surface area contributed by atoms with Gasteiger partial charge in [-0.1, -0.05) is 6.92 Å². The average molecular weight is 440 g/mol. The second-order valence-electron chi connectivity index (χ2n) is 11.6. The first kappa shape index (κ1) is 21.9. The lowest BCUT2D eigenvalue weighted by Gasteiger charge is -2.59. The molecule has 172 valence electrons. The number of allylic oxidation sites excluding steroid dienone is 1. The summed E-state index contributed by atoms with van der Waals surface area (Å²) in [6.45, 7) is 4.55. The molecule has 4 saturated carbocycles. The van der Waals surface area contributed by atoms with Crippen molar-refractivity contribution in [3.63, 3.8) is 0 Å². The van der Waals surface area contributed by atoms with Crippen molar-refractivity contribution in [2.75, 3.05) is 0 Å². The van der Waals surface area contributed by atoms with E-state index >= 15 is 4.39 Å². The van der Waals surface area contributed by atoms with Crippen molar-refractivity contribution >= 4 is 5.94 Å². The molecule has 0 amide bonds. The SMILES string of the molecule is C[C@@]1(O)CC[C@@]2(F)[C@H](CC[C@H]3[C@@H]4CC[C@@H](C(=C=O)Cn5ccc(C#N)n5)[C@@]4(C)CC[C@@H]32)C1. The highest BCUT2D eigenvalue weighted by Crippen LogP contribution is 2.67. The zero-order valence-electron chi connectivity index (χ0n) is 19.2. The van der Waals surface area contributed by atoms with E-state index in [4.69, 9.17) is 5.26 Å². The van der Waals surface area contributed by atoms with Crippen LogP contribution < -0.4 is 0 Å². The van der Waals surface area contributed by atoms with Crippen molar-refractivity contribution in [3.8, 4) is 6.07 Å². The van der Waals surface area contributed by atoms with Gasteiger partial charge in [-0.05, 0) is 106 Å². The van der Waals surface area contributed by atoms with Gasteiger partial charge < -0.3 is 5.11 Å². The van der Waals surface area contributed by atoms with Crippen LogP contribution in [-0.2, 0) is 11.3 Å². The first-order chi connectivity index (χ1) is 15.2. The lowest BCUT2D eigenvalue weighted by Crippen LogP contribution is -2.58. The quantitative estimate of drug-likeness (QED) is 0.697. The third-order valence-electron chi connectivity index (χ3n) is 9.95. The Morgan fingerprint density at radius 3 is 2.75 bits per heavy atom. The zero-order chi connectivity index (χ0) is 22.7. The molecule has 0 bridgehead atoms. The maximum atomic E-state index is 16.5. The molecule has 4 fully saturated rings. The maximum Gasteiger partial charge on any atom is 0.162 e. The monoisotopic (exact) mass is 439 g/mol. The summed E-state index contributed by atoms with van der Waals surface area (Å²) in [6.07, 6.45) is 9.06. The molecule has 1 N–H and O–H groups in total. The Bertz CT molecular complexity index is 989. The Morgan fingerprint density at radius 1 is 1.22 bits per heavy atom. The second-order valence-corrected chi connectivity index (χ2v) is 11.6. The summed E-state index contributed by atoms with van der Waals surface area (Å²) < 4.78 is 18.2. The summed E-state index contributed by atoms with van der Waals surface area (Å²) in [5, 5.41) is 23.8. The van der Waals surface area contributed by atoms with E-state index in [1.807, 2.05) is 13.0 Å². The van der Waals surface area contributed by atoms with Crippen LogP contribution in [0.15, 0.2) is 17.8 Å². The molecule has 0 saturated heterocycles. The van der Waals surface area contributed by atoms with Gasteiger partial charge in [0.05, 0.1) is 12.1 Å². The third kappa shape index (κ3) is 3.28. The van der Waals surface area contributed by atoms with Crippen LogP contribution in [0.1, 0.15) is 77.3 Å². The summed E-state index contributed by atoms with van der Waals surface area (Å²) in [5.41, 5.74) is -0.795. The fourth-order valence-electron chi connectivity index (χ4n) is 8.45. The lowest BCUT2D eigenvalue weighted by molar-refractivity contribution is -0.163. The standard InChI is InChI=1S/C26H34FN3O2/c1-24(32)10-11-26(27)18(13-24)3-4-20-22-6-5-21(25(22,2)9-7-23(20)26)17(16-31)15-30-12-8-19(14-28)29-30/h8,12,18,20-23,32H,3-7,9-11,13,15H2,1-2H3/t18-,20+,21+,22+,23+,24-,25-,26-/m1/s1. The number of fused-ring (bicyclic) bond motifs is 5. The van der Waals surface area contributed by atoms with Crippen molar-refractivity contribution in [1.82, 2.24) is 9.78 Å². The maximum absolute atomic E-state index is 16.5. The van der Waals surface area contributed by atoms with E-state index in [-0.39, 0.29) is 23.2 Å². The molecule has 6 heteroatoms. The highest BCUT2D eigenvalue weighted by Gasteiger charge is 2.63. The number of halogens is 1. The molecule has 0 aliphatic heterocycles. The third-order valence-corrected chi connectivity index (χ3v) is 9.95. The number of nitrogens with zero attached hydrogens (tertiary/aromatic N) is 3. The summed E-state index contributed by atoms with van der Waals surface area (Å²) in [7, 11) is 0. The normalized spacial score (nSPS) is 45.2. The Labute approximate surface area is 189 Å². The Balaban J connectivity index is 1.37. The minimum Gasteiger partial charge on any atom is -0.390 e. The molecule has 0 aromatic carbocycles. The molecule has 1 heterocycles. The second kappa shape index (κ2) is 7.54. The van der Waals surface area contributed by atoms with Gasteiger partial charge in [0.25, 0.3) is 0 Å². The molecule has 5 nitrogen and oxygen atoms in total. The molecule has 8 atom stereocenters. The molecular weight excluding hydrogens is 405 g/mol. The van der Waals surface area contributed by atoms with Gasteiger partial charge in [-0.3, -0.25) is 4.68 Å². The van der Waals surface area contributed by atoms with E-state index in [1.165, 1.54) is 0 Å². The van der Waals surface area contributed by atoms with Crippen molar-refractivity contribution in [2.45, 2.75) is 89.4 Å². The number of hydrogen-bond donors (Lipinski definition) is 1. The van der Waals surface area contributed by atoms with Gasteiger partial charge in [0.1, 0.15) is 17.7 Å². The van der Waals surface area contributed by atoms with Gasteiger partial charge in [-0.2, -0.15) is 10.4 Å². The first-order valence-electron chi connectivity index (χ1n) is 12.3. The van der Waals surface area contributed by atoms with E-state index in [0.717, 1.165) is 44.1 Å². The predicted molar refractivity (Wildman–Crippen MR) is 118 cm³/mol. The van der Waals surface area contributed by atoms with E-state index in [2.05, 4.69) is 18.0 Å². The highest BCUT2D eigenvalue weighted by atomic mass is 19.1. The van der Waals surface area contributed by atoms with Gasteiger partial charge in [0, 0.05) is 11.8 Å². The van der Waals surface area contributed by atoms with Crippen LogP contribution in [0, 0.1) is 46.3 Å². The predicted octanol–water partition coefficient (Wildman–Crippen LogP) is 4.62. The van der Waals surface area contributed by atoms with Crippen LogP contribution in [0.5, 0.6) is 0 Å². The molecular formula is C26H34FN3O2. The van der Waals surface area contributed by atoms with Crippen LogP contribution in [0.25, 0.3) is 0 Å². The molecule has 5 rings (SSSR count). The van der Waals surface area contributed by atoms with Crippen molar-refractivity contribution in [1.29, 1.82) is 5.26 Å². The van der Waals surface area contributed by atoms with Crippen molar-refractivity contribution in [2.24, 2.45) is 35.0 Å². The number of aliphatic hydroxyl groups is 1. The summed E-state index contributed by atoms with van der Waals surface area (Å²) in [5.74, 6) is 3.23. The number of hydrogen-bond acceptors (Lipinski definition) is 4. The number of nitriles is 1. The molecule has 0 spiro atoms. The molecule has 32 heavy (non-hydrogen) atoms. The fourth-order valence-corrected chi connectivity index (χ4v) is 8.45. The topological polar surface area (TPSA) is 78.9 Å². The van der Waals surface area contributed by atoms with Crippen LogP contribution in [0.2, 0.25) is 0 Å². The van der Waals surface area contributed by atoms with Crippen LogP contribution in [0.3, 0.4) is 0 Å². The average Bonchev–Trinajstić information content (AvgIpc) is 3.36. The Hall–Kier alpha value is -1.96.